The zero-order valence-electron chi connectivity index (χ0n) is 12.2. The van der Waals surface area contributed by atoms with E-state index < -0.39 is 0 Å². The summed E-state index contributed by atoms with van der Waals surface area (Å²) in [5, 5.41) is 10.1. The second-order valence-corrected chi connectivity index (χ2v) is 6.71. The molecular formula is C15H19N3O2S. The van der Waals surface area contributed by atoms with E-state index in [4.69, 9.17) is 5.73 Å². The van der Waals surface area contributed by atoms with E-state index in [1.807, 2.05) is 19.9 Å². The normalized spacial score (nSPS) is 18.6. The van der Waals surface area contributed by atoms with E-state index in [1.54, 1.807) is 4.90 Å². The average Bonchev–Trinajstić information content (AvgIpc) is 3.02. The molecule has 0 aliphatic carbocycles. The van der Waals surface area contributed by atoms with Crippen molar-refractivity contribution < 1.29 is 9.90 Å². The Balaban J connectivity index is 1.99. The molecule has 1 amide bonds. The number of hydrogen-bond acceptors (Lipinski definition) is 5. The van der Waals surface area contributed by atoms with E-state index in [1.165, 1.54) is 11.3 Å². The van der Waals surface area contributed by atoms with Crippen LogP contribution in [0.3, 0.4) is 0 Å². The largest absolute Gasteiger partial charge is 0.397 e. The monoisotopic (exact) mass is 305 g/mol. The van der Waals surface area contributed by atoms with Crippen LogP contribution in [0.25, 0.3) is 10.1 Å². The number of aliphatic hydroxyl groups is 1. The third kappa shape index (κ3) is 2.38. The number of hydrogen-bond donors (Lipinski definition) is 2. The van der Waals surface area contributed by atoms with Gasteiger partial charge in [-0.05, 0) is 26.3 Å². The Morgan fingerprint density at radius 3 is 3.00 bits per heavy atom. The average molecular weight is 305 g/mol. The Morgan fingerprint density at radius 1 is 1.57 bits per heavy atom. The molecule has 21 heavy (non-hydrogen) atoms. The standard InChI is InChI=1S/C15H19N3O2S/c1-8-5-11-12(9(2)17-8)13(16)14(21-11)15(20)18-4-3-10(6-18)7-19/h5,10,19H,3-4,6-7,16H2,1-2H3. The number of nitrogen functional groups attached to an aromatic ring is 1. The number of carbonyl (C=O) groups is 1. The van der Waals surface area contributed by atoms with E-state index in [-0.39, 0.29) is 18.4 Å². The summed E-state index contributed by atoms with van der Waals surface area (Å²) in [6.07, 6.45) is 0.854. The maximum absolute atomic E-state index is 12.6. The SMILES string of the molecule is Cc1cc2sc(C(=O)N3CCC(CO)C3)c(N)c2c(C)n1. The predicted octanol–water partition coefficient (Wildman–Crippen LogP) is 1.95. The van der Waals surface area contributed by atoms with Gasteiger partial charge in [-0.1, -0.05) is 0 Å². The summed E-state index contributed by atoms with van der Waals surface area (Å²) >= 11 is 1.44. The molecule has 0 radical (unpaired) electrons. The summed E-state index contributed by atoms with van der Waals surface area (Å²) in [4.78, 5) is 19.5. The number of pyridine rings is 1. The molecule has 5 nitrogen and oxygen atoms in total. The lowest BCUT2D eigenvalue weighted by Gasteiger charge is -2.15. The molecule has 0 bridgehead atoms. The third-order valence-corrected chi connectivity index (χ3v) is 5.18. The number of thiophene rings is 1. The fourth-order valence-corrected chi connectivity index (χ4v) is 4.19. The zero-order chi connectivity index (χ0) is 15.1. The number of aliphatic hydroxyl groups excluding tert-OH is 1. The van der Waals surface area contributed by atoms with Gasteiger partial charge in [0.05, 0.1) is 5.69 Å². The minimum Gasteiger partial charge on any atom is -0.397 e. The van der Waals surface area contributed by atoms with Crippen LogP contribution in [0.1, 0.15) is 27.5 Å². The fraction of sp³-hybridized carbons (Fsp3) is 0.467. The molecule has 1 atom stereocenters. The van der Waals surface area contributed by atoms with Crippen LogP contribution in [0, 0.1) is 19.8 Å². The quantitative estimate of drug-likeness (QED) is 0.889. The molecular weight excluding hydrogens is 286 g/mol. The number of amides is 1. The fourth-order valence-electron chi connectivity index (χ4n) is 2.95. The van der Waals surface area contributed by atoms with Crippen LogP contribution in [-0.2, 0) is 0 Å². The molecule has 3 rings (SSSR count). The Morgan fingerprint density at radius 2 is 2.33 bits per heavy atom. The van der Waals surface area contributed by atoms with Crippen LogP contribution in [0.2, 0.25) is 0 Å². The van der Waals surface area contributed by atoms with Crippen molar-refractivity contribution in [1.29, 1.82) is 0 Å². The Labute approximate surface area is 127 Å². The Bertz CT molecular complexity index is 710. The maximum Gasteiger partial charge on any atom is 0.266 e. The molecule has 3 N–H and O–H groups in total. The summed E-state index contributed by atoms with van der Waals surface area (Å²) in [6, 6.07) is 1.97. The lowest BCUT2D eigenvalue weighted by atomic mass is 10.1. The van der Waals surface area contributed by atoms with Crippen molar-refractivity contribution in [2.45, 2.75) is 20.3 Å². The van der Waals surface area contributed by atoms with Crippen LogP contribution in [0.5, 0.6) is 0 Å². The molecule has 1 unspecified atom stereocenters. The van der Waals surface area contributed by atoms with Gasteiger partial charge in [-0.25, -0.2) is 0 Å². The van der Waals surface area contributed by atoms with Crippen LogP contribution in [0.15, 0.2) is 6.07 Å². The predicted molar refractivity (Wildman–Crippen MR) is 84.6 cm³/mol. The number of carbonyl (C=O) groups excluding carboxylic acids is 1. The van der Waals surface area contributed by atoms with Crippen LogP contribution in [0.4, 0.5) is 5.69 Å². The summed E-state index contributed by atoms with van der Waals surface area (Å²) in [7, 11) is 0. The smallest absolute Gasteiger partial charge is 0.266 e. The van der Waals surface area contributed by atoms with Crippen LogP contribution in [-0.4, -0.2) is 40.6 Å². The molecule has 3 heterocycles. The molecule has 112 valence electrons. The first kappa shape index (κ1) is 14.3. The highest BCUT2D eigenvalue weighted by Crippen LogP contribution is 2.37. The highest BCUT2D eigenvalue weighted by molar-refractivity contribution is 7.21. The van der Waals surface area contributed by atoms with Gasteiger partial charge in [-0.15, -0.1) is 11.3 Å². The lowest BCUT2D eigenvalue weighted by molar-refractivity contribution is 0.0787. The van der Waals surface area contributed by atoms with Crippen molar-refractivity contribution in [3.05, 3.63) is 22.3 Å². The number of nitrogens with two attached hydrogens (primary N) is 1. The Hall–Kier alpha value is -1.66. The van der Waals surface area contributed by atoms with Gasteiger partial charge >= 0.3 is 0 Å². The van der Waals surface area contributed by atoms with Crippen molar-refractivity contribution in [1.82, 2.24) is 9.88 Å². The molecule has 0 saturated carbocycles. The molecule has 1 aliphatic heterocycles. The van der Waals surface area contributed by atoms with Crippen molar-refractivity contribution in [2.24, 2.45) is 5.92 Å². The van der Waals surface area contributed by atoms with Gasteiger partial charge in [0, 0.05) is 47.1 Å². The van der Waals surface area contributed by atoms with E-state index >= 15 is 0 Å². The van der Waals surface area contributed by atoms with Gasteiger partial charge < -0.3 is 15.7 Å². The number of anilines is 1. The molecule has 0 aromatic carbocycles. The second-order valence-electron chi connectivity index (χ2n) is 5.66. The van der Waals surface area contributed by atoms with Gasteiger partial charge in [0.1, 0.15) is 4.88 Å². The molecule has 6 heteroatoms. The van der Waals surface area contributed by atoms with Crippen LogP contribution < -0.4 is 5.73 Å². The first-order chi connectivity index (χ1) is 10.0. The van der Waals surface area contributed by atoms with E-state index in [2.05, 4.69) is 4.98 Å². The first-order valence-corrected chi connectivity index (χ1v) is 7.89. The van der Waals surface area contributed by atoms with Gasteiger partial charge in [0.2, 0.25) is 0 Å². The maximum atomic E-state index is 12.6. The number of nitrogens with zero attached hydrogens (tertiary/aromatic N) is 2. The van der Waals surface area contributed by atoms with Gasteiger partial charge in [-0.2, -0.15) is 0 Å². The lowest BCUT2D eigenvalue weighted by Crippen LogP contribution is -2.29. The van der Waals surface area contributed by atoms with E-state index in [0.29, 0.717) is 23.7 Å². The molecule has 1 saturated heterocycles. The van der Waals surface area contributed by atoms with Gasteiger partial charge in [0.25, 0.3) is 5.91 Å². The van der Waals surface area contributed by atoms with E-state index in [0.717, 1.165) is 27.9 Å². The van der Waals surface area contributed by atoms with Crippen molar-refractivity contribution >= 4 is 33.0 Å². The molecule has 2 aromatic heterocycles. The van der Waals surface area contributed by atoms with Crippen molar-refractivity contribution in [2.75, 3.05) is 25.4 Å². The zero-order valence-corrected chi connectivity index (χ0v) is 13.0. The Kier molecular flexibility index (Phi) is 3.59. The van der Waals surface area contributed by atoms with E-state index in [9.17, 15) is 9.90 Å². The molecule has 1 aliphatic rings. The summed E-state index contributed by atoms with van der Waals surface area (Å²) < 4.78 is 1.01. The number of aromatic nitrogens is 1. The molecule has 0 spiro atoms. The molecule has 2 aromatic rings. The number of likely N-dealkylation sites (tertiary alicyclic amines) is 1. The molecule has 1 fully saturated rings. The van der Waals surface area contributed by atoms with Gasteiger partial charge in [0.15, 0.2) is 0 Å². The minimum atomic E-state index is -0.0262. The highest BCUT2D eigenvalue weighted by atomic mass is 32.1. The van der Waals surface area contributed by atoms with Gasteiger partial charge in [-0.3, -0.25) is 9.78 Å². The highest BCUT2D eigenvalue weighted by Gasteiger charge is 2.29. The number of rotatable bonds is 2. The van der Waals surface area contributed by atoms with Crippen LogP contribution >= 0.6 is 11.3 Å². The number of fused-ring (bicyclic) bond motifs is 1. The first-order valence-electron chi connectivity index (χ1n) is 7.07. The minimum absolute atomic E-state index is 0.0262. The topological polar surface area (TPSA) is 79.5 Å². The summed E-state index contributed by atoms with van der Waals surface area (Å²) in [5.41, 5.74) is 8.54. The third-order valence-electron chi connectivity index (χ3n) is 4.04. The number of aryl methyl sites for hydroxylation is 2. The van der Waals surface area contributed by atoms with Crippen molar-refractivity contribution in [3.8, 4) is 0 Å². The van der Waals surface area contributed by atoms with Crippen molar-refractivity contribution in [3.63, 3.8) is 0 Å². The summed E-state index contributed by atoms with van der Waals surface area (Å²) in [5.74, 6) is 0.164. The second kappa shape index (κ2) is 5.27. The summed E-state index contributed by atoms with van der Waals surface area (Å²) in [6.45, 7) is 5.29.